The molecule has 1 aliphatic carbocycles. The fourth-order valence-corrected chi connectivity index (χ4v) is 5.44. The smallest absolute Gasteiger partial charge is 0.268 e. The molecule has 2 aromatic carbocycles. The average Bonchev–Trinajstić information content (AvgIpc) is 3.20. The Morgan fingerprint density at radius 3 is 2.50 bits per heavy atom. The lowest BCUT2D eigenvalue weighted by Gasteiger charge is -2.33. The zero-order chi connectivity index (χ0) is 25.7. The van der Waals surface area contributed by atoms with Crippen LogP contribution in [0.4, 0.5) is 5.69 Å². The van der Waals surface area contributed by atoms with Crippen molar-refractivity contribution < 1.29 is 9.59 Å². The van der Waals surface area contributed by atoms with Gasteiger partial charge in [0.15, 0.2) is 0 Å². The lowest BCUT2D eigenvalue weighted by atomic mass is 9.83. The normalized spacial score (nSPS) is 18.7. The van der Waals surface area contributed by atoms with Gasteiger partial charge < -0.3 is 20.5 Å². The Hall–Kier alpha value is -3.28. The molecule has 1 aromatic heterocycles. The van der Waals surface area contributed by atoms with Crippen LogP contribution in [0.25, 0.3) is 10.9 Å². The van der Waals surface area contributed by atoms with E-state index in [4.69, 9.17) is 0 Å². The van der Waals surface area contributed by atoms with Gasteiger partial charge >= 0.3 is 0 Å². The molecule has 1 heterocycles. The summed E-state index contributed by atoms with van der Waals surface area (Å²) in [7, 11) is 1.92. The van der Waals surface area contributed by atoms with Crippen molar-refractivity contribution in [3.63, 3.8) is 0 Å². The van der Waals surface area contributed by atoms with E-state index in [0.29, 0.717) is 18.2 Å². The number of anilines is 1. The van der Waals surface area contributed by atoms with Crippen molar-refractivity contribution >= 4 is 28.4 Å². The molecule has 4 rings (SSSR count). The lowest BCUT2D eigenvalue weighted by Crippen LogP contribution is -2.51. The summed E-state index contributed by atoms with van der Waals surface area (Å²) in [6.45, 7) is 7.12. The van der Waals surface area contributed by atoms with Crippen molar-refractivity contribution in [2.75, 3.05) is 11.9 Å². The molecule has 6 heteroatoms. The highest BCUT2D eigenvalue weighted by Crippen LogP contribution is 2.26. The van der Waals surface area contributed by atoms with Crippen LogP contribution < -0.4 is 16.0 Å². The molecule has 2 amide bonds. The Morgan fingerprint density at radius 2 is 1.75 bits per heavy atom. The van der Waals surface area contributed by atoms with E-state index in [1.54, 1.807) is 0 Å². The second-order valence-electron chi connectivity index (χ2n) is 10.6. The van der Waals surface area contributed by atoms with E-state index in [0.717, 1.165) is 48.7 Å². The third-order valence-corrected chi connectivity index (χ3v) is 7.39. The lowest BCUT2D eigenvalue weighted by molar-refractivity contribution is -0.127. The first kappa shape index (κ1) is 25.8. The average molecular weight is 489 g/mol. The standard InChI is InChI=1S/C30H40N4O2/c1-20(2)17-23(19-31-25-14-8-5-11-21(25)3)32-29(35)24-13-7-9-15-26(24)33-30(36)28-18-22-12-6-10-16-27(22)34(28)4/h5-6,8,10-12,14,16,18,20,23-24,26,31H,7,9,13,15,17,19H2,1-4H3,(H,32,35)(H,33,36)/t23-,24+,26-/m0/s1. The molecule has 0 radical (unpaired) electrons. The first-order chi connectivity index (χ1) is 17.3. The number of carbonyl (C=O) groups excluding carboxylic acids is 2. The van der Waals surface area contributed by atoms with E-state index in [-0.39, 0.29) is 29.8 Å². The largest absolute Gasteiger partial charge is 0.383 e. The molecule has 192 valence electrons. The number of amides is 2. The van der Waals surface area contributed by atoms with E-state index in [1.165, 1.54) is 5.56 Å². The van der Waals surface area contributed by atoms with Gasteiger partial charge in [0.25, 0.3) is 5.91 Å². The van der Waals surface area contributed by atoms with Gasteiger partial charge in [-0.05, 0) is 55.9 Å². The number of hydrogen-bond acceptors (Lipinski definition) is 3. The Kier molecular flexibility index (Phi) is 8.34. The third kappa shape index (κ3) is 6.10. The highest BCUT2D eigenvalue weighted by atomic mass is 16.2. The Balaban J connectivity index is 1.43. The van der Waals surface area contributed by atoms with Crippen molar-refractivity contribution in [1.82, 2.24) is 15.2 Å². The minimum Gasteiger partial charge on any atom is -0.383 e. The molecular weight excluding hydrogens is 448 g/mol. The van der Waals surface area contributed by atoms with Gasteiger partial charge in [-0.1, -0.05) is 63.1 Å². The monoisotopic (exact) mass is 488 g/mol. The van der Waals surface area contributed by atoms with Crippen LogP contribution in [-0.2, 0) is 11.8 Å². The molecule has 1 fully saturated rings. The summed E-state index contributed by atoms with van der Waals surface area (Å²) < 4.78 is 1.93. The van der Waals surface area contributed by atoms with Gasteiger partial charge in [-0.15, -0.1) is 0 Å². The highest BCUT2D eigenvalue weighted by Gasteiger charge is 2.33. The van der Waals surface area contributed by atoms with Crippen LogP contribution in [0.15, 0.2) is 54.6 Å². The fraction of sp³-hybridized carbons (Fsp3) is 0.467. The quantitative estimate of drug-likeness (QED) is 0.377. The maximum Gasteiger partial charge on any atom is 0.268 e. The summed E-state index contributed by atoms with van der Waals surface area (Å²) in [6, 6.07) is 18.0. The molecule has 6 nitrogen and oxygen atoms in total. The predicted octanol–water partition coefficient (Wildman–Crippen LogP) is 5.42. The molecule has 0 saturated heterocycles. The SMILES string of the molecule is Cc1ccccc1NC[C@H](CC(C)C)NC(=O)[C@@H]1CCCC[C@@H]1NC(=O)c1cc2ccccc2n1C. The maximum atomic E-state index is 13.5. The number of para-hydroxylation sites is 2. The van der Waals surface area contributed by atoms with Gasteiger partial charge in [-0.25, -0.2) is 0 Å². The molecule has 0 spiro atoms. The van der Waals surface area contributed by atoms with Crippen LogP contribution in [0.5, 0.6) is 0 Å². The van der Waals surface area contributed by atoms with Gasteiger partial charge in [0.2, 0.25) is 5.91 Å². The van der Waals surface area contributed by atoms with Crippen molar-refractivity contribution in [2.24, 2.45) is 18.9 Å². The van der Waals surface area contributed by atoms with Crippen molar-refractivity contribution in [3.05, 3.63) is 65.9 Å². The molecule has 3 aromatic rings. The predicted molar refractivity (Wildman–Crippen MR) is 147 cm³/mol. The number of carbonyl (C=O) groups is 2. The van der Waals surface area contributed by atoms with Crippen LogP contribution in [0.1, 0.15) is 62.0 Å². The summed E-state index contributed by atoms with van der Waals surface area (Å²) in [6.07, 6.45) is 4.54. The maximum absolute atomic E-state index is 13.5. The zero-order valence-corrected chi connectivity index (χ0v) is 22.0. The first-order valence-corrected chi connectivity index (χ1v) is 13.3. The van der Waals surface area contributed by atoms with E-state index in [1.807, 2.05) is 54.1 Å². The number of rotatable bonds is 9. The van der Waals surface area contributed by atoms with Crippen LogP contribution in [-0.4, -0.2) is 35.0 Å². The van der Waals surface area contributed by atoms with E-state index >= 15 is 0 Å². The van der Waals surface area contributed by atoms with Crippen LogP contribution in [0.3, 0.4) is 0 Å². The van der Waals surface area contributed by atoms with Gasteiger partial charge in [0.05, 0.1) is 5.92 Å². The summed E-state index contributed by atoms with van der Waals surface area (Å²) in [5.74, 6) is 0.181. The molecule has 1 saturated carbocycles. The number of fused-ring (bicyclic) bond motifs is 1. The number of nitrogens with one attached hydrogen (secondary N) is 3. The minimum atomic E-state index is -0.217. The number of aromatic nitrogens is 1. The number of benzene rings is 2. The molecule has 1 aliphatic rings. The van der Waals surface area contributed by atoms with E-state index in [9.17, 15) is 9.59 Å². The molecule has 3 atom stereocenters. The third-order valence-electron chi connectivity index (χ3n) is 7.39. The molecule has 0 aliphatic heterocycles. The summed E-state index contributed by atoms with van der Waals surface area (Å²) in [5, 5.41) is 11.1. The Bertz CT molecular complexity index is 1200. The van der Waals surface area contributed by atoms with Crippen molar-refractivity contribution in [3.8, 4) is 0 Å². The zero-order valence-electron chi connectivity index (χ0n) is 22.0. The van der Waals surface area contributed by atoms with E-state index < -0.39 is 0 Å². The number of hydrogen-bond donors (Lipinski definition) is 3. The molecule has 3 N–H and O–H groups in total. The van der Waals surface area contributed by atoms with Gasteiger partial charge in [-0.2, -0.15) is 0 Å². The summed E-state index contributed by atoms with van der Waals surface area (Å²) in [5.41, 5.74) is 3.94. The number of nitrogens with zero attached hydrogens (tertiary/aromatic N) is 1. The molecule has 0 unspecified atom stereocenters. The summed E-state index contributed by atoms with van der Waals surface area (Å²) >= 11 is 0. The fourth-order valence-electron chi connectivity index (χ4n) is 5.44. The van der Waals surface area contributed by atoms with Gasteiger partial charge in [0.1, 0.15) is 5.69 Å². The Labute approximate surface area is 214 Å². The van der Waals surface area contributed by atoms with Crippen molar-refractivity contribution in [2.45, 2.75) is 65.0 Å². The Morgan fingerprint density at radius 1 is 1.03 bits per heavy atom. The van der Waals surface area contributed by atoms with Crippen LogP contribution >= 0.6 is 0 Å². The first-order valence-electron chi connectivity index (χ1n) is 13.3. The van der Waals surface area contributed by atoms with Crippen molar-refractivity contribution in [1.29, 1.82) is 0 Å². The highest BCUT2D eigenvalue weighted by molar-refractivity contribution is 5.99. The minimum absolute atomic E-state index is 0.0218. The van der Waals surface area contributed by atoms with E-state index in [2.05, 4.69) is 48.9 Å². The molecule has 0 bridgehead atoms. The molecule has 36 heavy (non-hydrogen) atoms. The molecular formula is C30H40N4O2. The van der Waals surface area contributed by atoms with Crippen LogP contribution in [0, 0.1) is 18.8 Å². The van der Waals surface area contributed by atoms with Gasteiger partial charge in [0, 0.05) is 42.3 Å². The second-order valence-corrected chi connectivity index (χ2v) is 10.6. The second kappa shape index (κ2) is 11.6. The number of aryl methyl sites for hydroxylation is 2. The van der Waals surface area contributed by atoms with Crippen LogP contribution in [0.2, 0.25) is 0 Å². The van der Waals surface area contributed by atoms with Gasteiger partial charge in [-0.3, -0.25) is 9.59 Å². The topological polar surface area (TPSA) is 75.2 Å². The summed E-state index contributed by atoms with van der Waals surface area (Å²) in [4.78, 5) is 26.8.